The lowest BCUT2D eigenvalue weighted by atomic mass is 11.5. The third-order valence-corrected chi connectivity index (χ3v) is 0.851. The summed E-state index contributed by atoms with van der Waals surface area (Å²) in [5, 5.41) is 0. The van der Waals surface area contributed by atoms with Crippen LogP contribution < -0.4 is 4.72 Å². The van der Waals surface area contributed by atoms with Gasteiger partial charge in [0.1, 0.15) is 12.5 Å². The van der Waals surface area contributed by atoms with E-state index in [-0.39, 0.29) is 11.1 Å². The molecule has 0 aliphatic heterocycles. The van der Waals surface area contributed by atoms with E-state index in [9.17, 15) is 4.79 Å². The van der Waals surface area contributed by atoms with E-state index in [4.69, 9.17) is 0 Å². The zero-order valence-electron chi connectivity index (χ0n) is 3.89. The van der Waals surface area contributed by atoms with Gasteiger partial charge in [-0.1, -0.05) is 0 Å². The third-order valence-electron chi connectivity index (χ3n) is 0.284. The van der Waals surface area contributed by atoms with Crippen LogP contribution in [0.4, 0.5) is 0 Å². The van der Waals surface area contributed by atoms with Gasteiger partial charge in [0, 0.05) is 0 Å². The van der Waals surface area contributed by atoms with Crippen molar-refractivity contribution in [2.45, 2.75) is 0 Å². The molecule has 0 heterocycles. The summed E-state index contributed by atoms with van der Waals surface area (Å²) in [6, 6.07) is 0. The van der Waals surface area contributed by atoms with Crippen molar-refractivity contribution in [2.24, 2.45) is 0 Å². The predicted octanol–water partition coefficient (Wildman–Crippen LogP) is -0.475. The molecule has 0 saturated carbocycles. The maximum Gasteiger partial charge on any atom is 0.248 e. The maximum atomic E-state index is 9.51. The molecule has 0 spiro atoms. The number of hydrogen-bond acceptors (Lipinski definition) is 1. The van der Waals surface area contributed by atoms with Gasteiger partial charge in [-0.2, -0.15) is 4.72 Å². The van der Waals surface area contributed by atoms with Gasteiger partial charge >= 0.3 is 0 Å². The molecule has 0 saturated heterocycles. The Hall–Kier alpha value is -0.180. The first kappa shape index (κ1) is 5.82. The fourth-order valence-electron chi connectivity index (χ4n) is 0.0962. The van der Waals surface area contributed by atoms with Crippen molar-refractivity contribution in [1.29, 1.82) is 0 Å². The van der Waals surface area contributed by atoms with E-state index in [1.165, 1.54) is 0 Å². The lowest BCUT2D eigenvalue weighted by Gasteiger charge is -1.84. The van der Waals surface area contributed by atoms with Crippen LogP contribution in [0.3, 0.4) is 0 Å². The minimum absolute atomic E-state index is 0.0664. The molecule has 2 nitrogen and oxygen atoms in total. The van der Waals surface area contributed by atoms with Crippen molar-refractivity contribution in [3.05, 3.63) is 0 Å². The number of nitrogens with one attached hydrogen (secondary N) is 1. The Labute approximate surface area is 40.4 Å². The summed E-state index contributed by atoms with van der Waals surface area (Å²) in [7, 11) is 0. The van der Waals surface area contributed by atoms with Crippen LogP contribution in [-0.2, 0) is 15.9 Å². The van der Waals surface area contributed by atoms with Crippen molar-refractivity contribution >= 4 is 17.5 Å². The molecular weight excluding hydrogens is 98.1 g/mol. The quantitative estimate of drug-likeness (QED) is 0.374. The molecule has 36 valence electrons. The van der Waals surface area contributed by atoms with Crippen molar-refractivity contribution in [3.63, 3.8) is 0 Å². The van der Waals surface area contributed by atoms with Crippen LogP contribution in [0.1, 0.15) is 0 Å². The molecule has 0 fully saturated rings. The summed E-state index contributed by atoms with van der Waals surface area (Å²) >= 11 is 0.0664. The SMILES string of the molecule is C[S+](C)NC=O. The predicted molar refractivity (Wildman–Crippen MR) is 28.4 cm³/mol. The van der Waals surface area contributed by atoms with E-state index in [1.807, 2.05) is 12.5 Å². The molecule has 1 amide bonds. The van der Waals surface area contributed by atoms with E-state index in [2.05, 4.69) is 4.72 Å². The van der Waals surface area contributed by atoms with Crippen LogP contribution in [0, 0.1) is 0 Å². The van der Waals surface area contributed by atoms with Crippen molar-refractivity contribution in [3.8, 4) is 0 Å². The molecule has 0 atom stereocenters. The zero-order valence-corrected chi connectivity index (χ0v) is 4.71. The van der Waals surface area contributed by atoms with Crippen molar-refractivity contribution in [1.82, 2.24) is 4.72 Å². The lowest BCUT2D eigenvalue weighted by Crippen LogP contribution is -2.18. The standard InChI is InChI=1S/C3H7NOS/c1-6(2)4-3-5/h3H,1-2H3/p+1. The number of rotatable bonds is 2. The summed E-state index contributed by atoms with van der Waals surface area (Å²) in [6.07, 6.45) is 4.59. The average Bonchev–Trinajstić information content (AvgIpc) is 1.35. The van der Waals surface area contributed by atoms with Crippen LogP contribution in [0.15, 0.2) is 0 Å². The van der Waals surface area contributed by atoms with Crippen molar-refractivity contribution < 1.29 is 4.79 Å². The van der Waals surface area contributed by atoms with Gasteiger partial charge in [0.15, 0.2) is 0 Å². The summed E-state index contributed by atoms with van der Waals surface area (Å²) < 4.78 is 2.56. The third kappa shape index (κ3) is 3.82. The molecule has 1 N–H and O–H groups in total. The van der Waals surface area contributed by atoms with E-state index in [0.717, 1.165) is 0 Å². The highest BCUT2D eigenvalue weighted by molar-refractivity contribution is 7.94. The zero-order chi connectivity index (χ0) is 4.99. The molecule has 3 heteroatoms. The molecule has 0 rings (SSSR count). The topological polar surface area (TPSA) is 29.1 Å². The van der Waals surface area contributed by atoms with Gasteiger partial charge in [-0.25, -0.2) is 0 Å². The summed E-state index contributed by atoms with van der Waals surface area (Å²) in [5.41, 5.74) is 0. The Morgan fingerprint density at radius 1 is 1.67 bits per heavy atom. The van der Waals surface area contributed by atoms with E-state index >= 15 is 0 Å². The summed E-state index contributed by atoms with van der Waals surface area (Å²) in [5.74, 6) is 0. The Morgan fingerprint density at radius 2 is 2.17 bits per heavy atom. The molecule has 0 aromatic rings. The van der Waals surface area contributed by atoms with E-state index < -0.39 is 0 Å². The monoisotopic (exact) mass is 106 g/mol. The minimum atomic E-state index is 0.0664. The normalized spacial score (nSPS) is 8.50. The van der Waals surface area contributed by atoms with E-state index in [0.29, 0.717) is 6.41 Å². The summed E-state index contributed by atoms with van der Waals surface area (Å²) in [6.45, 7) is 0. The van der Waals surface area contributed by atoms with Gasteiger partial charge in [0.05, 0.1) is 11.1 Å². The van der Waals surface area contributed by atoms with Crippen LogP contribution in [-0.4, -0.2) is 18.9 Å². The Kier molecular flexibility index (Phi) is 2.94. The second kappa shape index (κ2) is 3.03. The molecule has 0 radical (unpaired) electrons. The molecule has 0 aromatic carbocycles. The largest absolute Gasteiger partial charge is 0.275 e. The highest BCUT2D eigenvalue weighted by Crippen LogP contribution is 1.65. The highest BCUT2D eigenvalue weighted by Gasteiger charge is 1.92. The van der Waals surface area contributed by atoms with E-state index in [1.54, 1.807) is 0 Å². The number of amides is 1. The number of hydrogen-bond donors (Lipinski definition) is 1. The van der Waals surface area contributed by atoms with Gasteiger partial charge in [-0.3, -0.25) is 4.79 Å². The van der Waals surface area contributed by atoms with Gasteiger partial charge in [0.25, 0.3) is 0 Å². The first-order valence-corrected chi connectivity index (χ1v) is 3.59. The smallest absolute Gasteiger partial charge is 0.248 e. The first-order chi connectivity index (χ1) is 2.77. The van der Waals surface area contributed by atoms with Crippen LogP contribution in [0.2, 0.25) is 0 Å². The summed E-state index contributed by atoms with van der Waals surface area (Å²) in [4.78, 5) is 9.51. The minimum Gasteiger partial charge on any atom is -0.275 e. The van der Waals surface area contributed by atoms with Gasteiger partial charge in [0.2, 0.25) is 6.41 Å². The molecule has 0 aliphatic rings. The van der Waals surface area contributed by atoms with Gasteiger partial charge in [-0.15, -0.1) is 0 Å². The Balaban J connectivity index is 2.81. The van der Waals surface area contributed by atoms with Crippen LogP contribution in [0.5, 0.6) is 0 Å². The van der Waals surface area contributed by atoms with Crippen LogP contribution >= 0.6 is 0 Å². The lowest BCUT2D eigenvalue weighted by molar-refractivity contribution is -0.107. The molecule has 0 bridgehead atoms. The fraction of sp³-hybridized carbons (Fsp3) is 0.667. The van der Waals surface area contributed by atoms with Gasteiger partial charge in [-0.05, 0) is 0 Å². The maximum absolute atomic E-state index is 9.51. The Morgan fingerprint density at radius 3 is 2.17 bits per heavy atom. The molecule has 0 aliphatic carbocycles. The molecule has 0 aromatic heterocycles. The number of carbonyl (C=O) groups excluding carboxylic acids is 1. The second-order valence-corrected chi connectivity index (χ2v) is 2.92. The average molecular weight is 106 g/mol. The first-order valence-electron chi connectivity index (χ1n) is 1.54. The fourth-order valence-corrected chi connectivity index (χ4v) is 0.289. The number of carbonyl (C=O) groups is 1. The Bertz CT molecular complexity index is 46.1. The van der Waals surface area contributed by atoms with Gasteiger partial charge < -0.3 is 0 Å². The van der Waals surface area contributed by atoms with Crippen molar-refractivity contribution in [2.75, 3.05) is 12.5 Å². The van der Waals surface area contributed by atoms with Crippen LogP contribution in [0.25, 0.3) is 0 Å². The highest BCUT2D eigenvalue weighted by atomic mass is 32.2. The molecule has 0 unspecified atom stereocenters. The second-order valence-electron chi connectivity index (χ2n) is 1.05. The molecule has 6 heavy (non-hydrogen) atoms. The molecular formula is C3H8NOS+.